The Hall–Kier alpha value is -1.89. The number of rotatable bonds is 6. The van der Waals surface area contributed by atoms with Gasteiger partial charge in [-0.25, -0.2) is 4.68 Å². The third kappa shape index (κ3) is 4.26. The molecule has 1 N–H and O–H groups in total. The second-order valence-corrected chi connectivity index (χ2v) is 7.09. The van der Waals surface area contributed by atoms with Crippen LogP contribution in [0.1, 0.15) is 18.4 Å². The Morgan fingerprint density at radius 3 is 2.62 bits per heavy atom. The third-order valence-corrected chi connectivity index (χ3v) is 5.38. The van der Waals surface area contributed by atoms with E-state index < -0.39 is 0 Å². The van der Waals surface area contributed by atoms with E-state index in [1.165, 1.54) is 4.68 Å². The van der Waals surface area contributed by atoms with Crippen molar-refractivity contribution >= 4 is 17.3 Å². The molecule has 7 heteroatoms. The van der Waals surface area contributed by atoms with Crippen molar-refractivity contribution in [2.45, 2.75) is 25.4 Å². The number of likely N-dealkylation sites (N-methyl/N-ethyl adjacent to an activating group) is 1. The van der Waals surface area contributed by atoms with Gasteiger partial charge in [0, 0.05) is 25.7 Å². The number of aliphatic hydroxyl groups is 1. The van der Waals surface area contributed by atoms with E-state index >= 15 is 0 Å². The number of halogens is 1. The van der Waals surface area contributed by atoms with Crippen LogP contribution in [-0.2, 0) is 6.54 Å². The number of aromatic nitrogens is 2. The van der Waals surface area contributed by atoms with Crippen molar-refractivity contribution < 1.29 is 5.11 Å². The summed E-state index contributed by atoms with van der Waals surface area (Å²) in [5.74, 6) is 0. The molecule has 0 atom stereocenters. The van der Waals surface area contributed by atoms with Gasteiger partial charge in [-0.15, -0.1) is 0 Å². The highest BCUT2D eigenvalue weighted by Gasteiger charge is 2.24. The average molecular weight is 377 g/mol. The van der Waals surface area contributed by atoms with Crippen LogP contribution in [0.5, 0.6) is 0 Å². The first-order chi connectivity index (χ1) is 12.6. The van der Waals surface area contributed by atoms with Crippen LogP contribution in [-0.4, -0.2) is 59.1 Å². The van der Waals surface area contributed by atoms with Crippen LogP contribution in [0.15, 0.2) is 41.3 Å². The van der Waals surface area contributed by atoms with Crippen LogP contribution in [0.4, 0.5) is 5.69 Å². The molecule has 0 aliphatic carbocycles. The molecule has 140 valence electrons. The Labute approximate surface area is 158 Å². The topological polar surface area (TPSA) is 61.6 Å². The molecule has 6 nitrogen and oxygen atoms in total. The molecule has 3 rings (SSSR count). The van der Waals surface area contributed by atoms with Crippen LogP contribution < -0.4 is 10.5 Å². The molecule has 2 aromatic rings. The zero-order chi connectivity index (χ0) is 18.5. The van der Waals surface area contributed by atoms with Crippen LogP contribution in [0.25, 0.3) is 0 Å². The van der Waals surface area contributed by atoms with Gasteiger partial charge in [-0.1, -0.05) is 41.9 Å². The standard InChI is InChI=1S/C19H25ClN4O2/c1-22(11-12-25)16-7-9-23(10-8-16)17-13-21-24(19(26)18(17)20)14-15-5-3-2-4-6-15/h2-6,13,16,25H,7-12,14H2,1H3. The lowest BCUT2D eigenvalue weighted by molar-refractivity contribution is 0.162. The maximum atomic E-state index is 12.6. The Morgan fingerprint density at radius 2 is 1.96 bits per heavy atom. The molecular formula is C19H25ClN4O2. The monoisotopic (exact) mass is 376 g/mol. The van der Waals surface area contributed by atoms with Crippen molar-refractivity contribution in [3.8, 4) is 0 Å². The Kier molecular flexibility index (Phi) is 6.29. The minimum absolute atomic E-state index is 0.173. The number of nitrogens with zero attached hydrogens (tertiary/aromatic N) is 4. The zero-order valence-corrected chi connectivity index (χ0v) is 15.8. The van der Waals surface area contributed by atoms with E-state index in [2.05, 4.69) is 14.9 Å². The molecule has 0 unspecified atom stereocenters. The lowest BCUT2D eigenvalue weighted by Crippen LogP contribution is -2.44. The van der Waals surface area contributed by atoms with Gasteiger partial charge < -0.3 is 14.9 Å². The van der Waals surface area contributed by atoms with Crippen molar-refractivity contribution in [2.24, 2.45) is 0 Å². The highest BCUT2D eigenvalue weighted by Crippen LogP contribution is 2.26. The van der Waals surface area contributed by atoms with Gasteiger partial charge in [-0.05, 0) is 25.5 Å². The summed E-state index contributed by atoms with van der Waals surface area (Å²) in [5.41, 5.74) is 1.47. The molecule has 1 saturated heterocycles. The summed E-state index contributed by atoms with van der Waals surface area (Å²) >= 11 is 6.39. The molecule has 1 aliphatic heterocycles. The van der Waals surface area contributed by atoms with Crippen LogP contribution >= 0.6 is 11.6 Å². The fourth-order valence-electron chi connectivity index (χ4n) is 3.43. The fourth-order valence-corrected chi connectivity index (χ4v) is 3.70. The first-order valence-corrected chi connectivity index (χ1v) is 9.33. The Bertz CT molecular complexity index is 773. The van der Waals surface area contributed by atoms with Gasteiger partial charge in [0.1, 0.15) is 5.02 Å². The van der Waals surface area contributed by atoms with E-state index in [1.54, 1.807) is 6.20 Å². The first kappa shape index (κ1) is 18.9. The molecule has 1 aliphatic rings. The fraction of sp³-hybridized carbons (Fsp3) is 0.474. The normalized spacial score (nSPS) is 15.6. The molecule has 26 heavy (non-hydrogen) atoms. The smallest absolute Gasteiger partial charge is 0.287 e. The maximum absolute atomic E-state index is 12.6. The summed E-state index contributed by atoms with van der Waals surface area (Å²) in [6.07, 6.45) is 3.64. The number of piperidine rings is 1. The molecular weight excluding hydrogens is 352 g/mol. The average Bonchev–Trinajstić information content (AvgIpc) is 2.67. The Morgan fingerprint density at radius 1 is 1.27 bits per heavy atom. The molecule has 0 amide bonds. The minimum Gasteiger partial charge on any atom is -0.395 e. The molecule has 1 aromatic carbocycles. The van der Waals surface area contributed by atoms with E-state index in [4.69, 9.17) is 16.7 Å². The molecule has 0 spiro atoms. The van der Waals surface area contributed by atoms with Crippen molar-refractivity contribution in [1.82, 2.24) is 14.7 Å². The molecule has 2 heterocycles. The molecule has 1 fully saturated rings. The van der Waals surface area contributed by atoms with Crippen LogP contribution in [0, 0.1) is 0 Å². The van der Waals surface area contributed by atoms with Gasteiger partial charge in [-0.2, -0.15) is 5.10 Å². The van der Waals surface area contributed by atoms with Gasteiger partial charge in [0.25, 0.3) is 5.56 Å². The van der Waals surface area contributed by atoms with Gasteiger partial charge in [0.15, 0.2) is 0 Å². The van der Waals surface area contributed by atoms with Crippen LogP contribution in [0.2, 0.25) is 5.02 Å². The van der Waals surface area contributed by atoms with Crippen molar-refractivity contribution in [2.75, 3.05) is 38.2 Å². The molecule has 0 saturated carbocycles. The van der Waals surface area contributed by atoms with E-state index in [0.717, 1.165) is 31.5 Å². The predicted octanol–water partition coefficient (Wildman–Crippen LogP) is 1.84. The number of benzene rings is 1. The summed E-state index contributed by atoms with van der Waals surface area (Å²) in [7, 11) is 2.04. The summed E-state index contributed by atoms with van der Waals surface area (Å²) < 4.78 is 1.41. The molecule has 0 radical (unpaired) electrons. The van der Waals surface area contributed by atoms with Gasteiger partial charge >= 0.3 is 0 Å². The number of aliphatic hydroxyl groups excluding tert-OH is 1. The van der Waals surface area contributed by atoms with Crippen molar-refractivity contribution in [3.63, 3.8) is 0 Å². The third-order valence-electron chi connectivity index (χ3n) is 5.02. The largest absolute Gasteiger partial charge is 0.395 e. The number of hydrogen-bond donors (Lipinski definition) is 1. The van der Waals surface area contributed by atoms with E-state index in [1.807, 2.05) is 37.4 Å². The van der Waals surface area contributed by atoms with Gasteiger partial charge in [0.2, 0.25) is 0 Å². The molecule has 0 bridgehead atoms. The second kappa shape index (κ2) is 8.66. The number of hydrogen-bond acceptors (Lipinski definition) is 5. The quantitative estimate of drug-likeness (QED) is 0.833. The maximum Gasteiger partial charge on any atom is 0.287 e. The summed E-state index contributed by atoms with van der Waals surface area (Å²) in [4.78, 5) is 16.9. The molecule has 1 aromatic heterocycles. The summed E-state index contributed by atoms with van der Waals surface area (Å²) in [5, 5.41) is 13.6. The second-order valence-electron chi connectivity index (χ2n) is 6.71. The highest BCUT2D eigenvalue weighted by atomic mass is 35.5. The zero-order valence-electron chi connectivity index (χ0n) is 15.0. The highest BCUT2D eigenvalue weighted by molar-refractivity contribution is 6.33. The van der Waals surface area contributed by atoms with E-state index in [9.17, 15) is 4.79 Å². The lowest BCUT2D eigenvalue weighted by Gasteiger charge is -2.37. The SMILES string of the molecule is CN(CCO)C1CCN(c2cnn(Cc3ccccc3)c(=O)c2Cl)CC1. The van der Waals surface area contributed by atoms with E-state index in [0.29, 0.717) is 24.8 Å². The Balaban J connectivity index is 1.70. The minimum atomic E-state index is -0.257. The lowest BCUT2D eigenvalue weighted by atomic mass is 10.0. The van der Waals surface area contributed by atoms with Crippen molar-refractivity contribution in [1.29, 1.82) is 0 Å². The van der Waals surface area contributed by atoms with Gasteiger partial charge in [0.05, 0.1) is 25.0 Å². The van der Waals surface area contributed by atoms with Crippen molar-refractivity contribution in [3.05, 3.63) is 57.5 Å². The van der Waals surface area contributed by atoms with Gasteiger partial charge in [-0.3, -0.25) is 4.79 Å². The first-order valence-electron chi connectivity index (χ1n) is 8.95. The number of anilines is 1. The summed E-state index contributed by atoms with van der Waals surface area (Å²) in [6.45, 7) is 2.91. The predicted molar refractivity (Wildman–Crippen MR) is 104 cm³/mol. The van der Waals surface area contributed by atoms with Crippen LogP contribution in [0.3, 0.4) is 0 Å². The summed E-state index contributed by atoms with van der Waals surface area (Å²) in [6, 6.07) is 10.2. The van der Waals surface area contributed by atoms with E-state index in [-0.39, 0.29) is 17.2 Å².